The Labute approximate surface area is 127 Å². The lowest BCUT2D eigenvalue weighted by Crippen LogP contribution is -2.09. The van der Waals surface area contributed by atoms with Crippen LogP contribution in [-0.2, 0) is 12.7 Å². The molecule has 11 heteroatoms. The molecule has 0 bridgehead atoms. The second-order valence-electron chi connectivity index (χ2n) is 4.23. The number of benzene rings is 1. The van der Waals surface area contributed by atoms with Gasteiger partial charge in [0.05, 0.1) is 13.7 Å². The zero-order valence-corrected chi connectivity index (χ0v) is 11.7. The van der Waals surface area contributed by atoms with Gasteiger partial charge in [-0.15, -0.1) is 15.3 Å². The molecule has 0 fully saturated rings. The number of rotatable bonds is 4. The van der Waals surface area contributed by atoms with Crippen molar-refractivity contribution in [2.24, 2.45) is 10.2 Å². The summed E-state index contributed by atoms with van der Waals surface area (Å²) in [5, 5.41) is 20.7. The van der Waals surface area contributed by atoms with Gasteiger partial charge in [-0.05, 0) is 17.7 Å². The summed E-state index contributed by atoms with van der Waals surface area (Å²) >= 11 is 0. The van der Waals surface area contributed by atoms with Crippen LogP contribution in [0, 0.1) is 0 Å². The number of halogens is 3. The molecule has 0 saturated heterocycles. The van der Waals surface area contributed by atoms with Crippen molar-refractivity contribution in [3.05, 3.63) is 35.5 Å². The minimum Gasteiger partial charge on any atom is -0.497 e. The summed E-state index contributed by atoms with van der Waals surface area (Å²) in [4.78, 5) is 11.0. The van der Waals surface area contributed by atoms with Crippen molar-refractivity contribution in [2.45, 2.75) is 12.7 Å². The van der Waals surface area contributed by atoms with Gasteiger partial charge in [-0.3, -0.25) is 0 Å². The van der Waals surface area contributed by atoms with Crippen LogP contribution in [-0.4, -0.2) is 33.3 Å². The van der Waals surface area contributed by atoms with Gasteiger partial charge in [-0.1, -0.05) is 17.2 Å². The molecule has 23 heavy (non-hydrogen) atoms. The fourth-order valence-electron chi connectivity index (χ4n) is 1.65. The molecule has 0 aliphatic carbocycles. The molecule has 0 aliphatic heterocycles. The fraction of sp³-hybridized carbons (Fsp3) is 0.250. The van der Waals surface area contributed by atoms with E-state index in [2.05, 4.69) is 20.4 Å². The average Bonchev–Trinajstić information content (AvgIpc) is 2.89. The third-order valence-electron chi connectivity index (χ3n) is 2.62. The first-order valence-corrected chi connectivity index (χ1v) is 6.09. The molecule has 0 aliphatic rings. The smallest absolute Gasteiger partial charge is 0.450 e. The molecule has 122 valence electrons. The molecule has 0 spiro atoms. The third kappa shape index (κ3) is 4.25. The zero-order chi connectivity index (χ0) is 17.0. The molecule has 1 aromatic heterocycles. The normalized spacial score (nSPS) is 11.8. The Morgan fingerprint density at radius 1 is 1.30 bits per heavy atom. The Hall–Kier alpha value is -2.98. The van der Waals surface area contributed by atoms with E-state index in [1.165, 1.54) is 7.11 Å². The van der Waals surface area contributed by atoms with Crippen molar-refractivity contribution >= 4 is 11.9 Å². The lowest BCUT2D eigenvalue weighted by molar-refractivity contribution is -0.141. The molecular weight excluding hydrogens is 319 g/mol. The second-order valence-corrected chi connectivity index (χ2v) is 4.23. The summed E-state index contributed by atoms with van der Waals surface area (Å²) in [6, 6.07) is 6.53. The quantitative estimate of drug-likeness (QED) is 0.868. The highest BCUT2D eigenvalue weighted by Crippen LogP contribution is 2.33. The van der Waals surface area contributed by atoms with Crippen LogP contribution in [0.4, 0.5) is 23.8 Å². The number of aromatic nitrogens is 3. The van der Waals surface area contributed by atoms with Gasteiger partial charge in [-0.2, -0.15) is 18.0 Å². The van der Waals surface area contributed by atoms with Gasteiger partial charge < -0.3 is 9.84 Å². The first-order valence-electron chi connectivity index (χ1n) is 6.09. The predicted octanol–water partition coefficient (Wildman–Crippen LogP) is 3.12. The van der Waals surface area contributed by atoms with E-state index >= 15 is 0 Å². The minimum atomic E-state index is -4.83. The molecule has 0 unspecified atom stereocenters. The molecule has 0 saturated carbocycles. The van der Waals surface area contributed by atoms with Crippen LogP contribution in [0.1, 0.15) is 11.3 Å². The lowest BCUT2D eigenvalue weighted by atomic mass is 10.2. The molecule has 2 rings (SSSR count). The highest BCUT2D eigenvalue weighted by Gasteiger charge is 2.39. The van der Waals surface area contributed by atoms with E-state index in [1.807, 2.05) is 0 Å². The van der Waals surface area contributed by atoms with Crippen molar-refractivity contribution in [3.8, 4) is 5.75 Å². The van der Waals surface area contributed by atoms with E-state index in [0.717, 1.165) is 4.80 Å². The fourth-order valence-corrected chi connectivity index (χ4v) is 1.65. The van der Waals surface area contributed by atoms with Crippen LogP contribution >= 0.6 is 0 Å². The maximum absolute atomic E-state index is 12.8. The van der Waals surface area contributed by atoms with Crippen LogP contribution in [0.25, 0.3) is 0 Å². The van der Waals surface area contributed by atoms with E-state index in [9.17, 15) is 18.0 Å². The van der Waals surface area contributed by atoms with Gasteiger partial charge in [0, 0.05) is 0 Å². The number of nitrogens with zero attached hydrogens (tertiary/aromatic N) is 5. The second kappa shape index (κ2) is 6.42. The van der Waals surface area contributed by atoms with Crippen molar-refractivity contribution < 1.29 is 27.8 Å². The summed E-state index contributed by atoms with van der Waals surface area (Å²) in [6.07, 6.45) is -6.56. The van der Waals surface area contributed by atoms with Crippen molar-refractivity contribution in [1.82, 2.24) is 15.0 Å². The number of ether oxygens (including phenoxy) is 1. The third-order valence-corrected chi connectivity index (χ3v) is 2.62. The predicted molar refractivity (Wildman–Crippen MR) is 69.7 cm³/mol. The van der Waals surface area contributed by atoms with Crippen LogP contribution in [0.2, 0.25) is 0 Å². The van der Waals surface area contributed by atoms with Crippen LogP contribution in [0.5, 0.6) is 5.75 Å². The summed E-state index contributed by atoms with van der Waals surface area (Å²) in [6.45, 7) is -0.0599. The summed E-state index contributed by atoms with van der Waals surface area (Å²) < 4.78 is 43.5. The lowest BCUT2D eigenvalue weighted by Gasteiger charge is -2.03. The molecule has 1 aromatic carbocycles. The molecule has 8 nitrogen and oxygen atoms in total. The van der Waals surface area contributed by atoms with Crippen LogP contribution < -0.4 is 4.74 Å². The molecule has 2 aromatic rings. The van der Waals surface area contributed by atoms with Crippen LogP contribution in [0.3, 0.4) is 0 Å². The number of alkyl halides is 3. The van der Waals surface area contributed by atoms with Crippen molar-refractivity contribution in [3.63, 3.8) is 0 Å². The Morgan fingerprint density at radius 3 is 2.48 bits per heavy atom. The number of methoxy groups -OCH3 is 1. The van der Waals surface area contributed by atoms with Gasteiger partial charge in [0.2, 0.25) is 11.5 Å². The van der Waals surface area contributed by atoms with E-state index in [0.29, 0.717) is 11.3 Å². The monoisotopic (exact) mass is 329 g/mol. The van der Waals surface area contributed by atoms with Gasteiger partial charge in [0.25, 0.3) is 0 Å². The van der Waals surface area contributed by atoms with E-state index in [4.69, 9.17) is 9.84 Å². The van der Waals surface area contributed by atoms with E-state index in [-0.39, 0.29) is 6.54 Å². The maximum atomic E-state index is 12.8. The van der Waals surface area contributed by atoms with Crippen molar-refractivity contribution in [2.75, 3.05) is 7.11 Å². The zero-order valence-electron chi connectivity index (χ0n) is 11.7. The molecular formula is C12H10F3N5O3. The van der Waals surface area contributed by atoms with E-state index in [1.54, 1.807) is 24.3 Å². The summed E-state index contributed by atoms with van der Waals surface area (Å²) in [7, 11) is 1.49. The Kier molecular flexibility index (Phi) is 4.57. The number of azo groups is 1. The standard InChI is InChI=1S/C12H10F3N5O3/c1-23-8-4-2-7(3-5-8)6-20-18-9(12(13,14)15)10(19-20)16-17-11(21)22/h2-5H,6H2,1H3,(H,21,22). The number of carboxylic acid groups (broad SMARTS) is 1. The topological polar surface area (TPSA) is 102 Å². The van der Waals surface area contributed by atoms with Crippen LogP contribution in [0.15, 0.2) is 34.5 Å². The summed E-state index contributed by atoms with van der Waals surface area (Å²) in [5.41, 5.74) is -0.785. The molecule has 1 heterocycles. The highest BCUT2D eigenvalue weighted by atomic mass is 19.4. The van der Waals surface area contributed by atoms with Gasteiger partial charge in [0.1, 0.15) is 5.75 Å². The average molecular weight is 329 g/mol. The maximum Gasteiger partial charge on any atom is 0.450 e. The van der Waals surface area contributed by atoms with Gasteiger partial charge >= 0.3 is 12.3 Å². The number of hydrogen-bond acceptors (Lipinski definition) is 5. The van der Waals surface area contributed by atoms with E-state index < -0.39 is 23.8 Å². The first kappa shape index (κ1) is 16.4. The molecule has 0 radical (unpaired) electrons. The molecule has 1 N–H and O–H groups in total. The Balaban J connectivity index is 2.30. The SMILES string of the molecule is COc1ccc(Cn2nc(N=NC(=O)O)c(C(F)(F)F)n2)cc1. The van der Waals surface area contributed by atoms with Gasteiger partial charge in [-0.25, -0.2) is 4.79 Å². The number of carbonyl (C=O) groups is 1. The minimum absolute atomic E-state index is 0.0599. The molecule has 0 atom stereocenters. The molecule has 1 amide bonds. The number of amides is 1. The summed E-state index contributed by atoms with van der Waals surface area (Å²) in [5.74, 6) is -0.317. The largest absolute Gasteiger partial charge is 0.497 e. The van der Waals surface area contributed by atoms with Gasteiger partial charge in [0.15, 0.2) is 0 Å². The Morgan fingerprint density at radius 2 is 1.96 bits per heavy atom. The highest BCUT2D eigenvalue weighted by molar-refractivity contribution is 5.65. The first-order chi connectivity index (χ1) is 10.8. The Bertz CT molecular complexity index is 725. The van der Waals surface area contributed by atoms with Crippen molar-refractivity contribution in [1.29, 1.82) is 0 Å². The number of hydrogen-bond donors (Lipinski definition) is 1.